The molecule has 5 nitrogen and oxygen atoms in total. The number of hydrogen-bond donors (Lipinski definition) is 0. The number of carbonyl (C=O) groups is 2. The fourth-order valence-corrected chi connectivity index (χ4v) is 1.62. The van der Waals surface area contributed by atoms with Gasteiger partial charge in [-0.2, -0.15) is 0 Å². The highest BCUT2D eigenvalue weighted by atomic mass is 16.6. The van der Waals surface area contributed by atoms with E-state index in [4.69, 9.17) is 14.2 Å². The van der Waals surface area contributed by atoms with Gasteiger partial charge in [0.05, 0.1) is 19.0 Å². The van der Waals surface area contributed by atoms with Crippen LogP contribution in [0.1, 0.15) is 26.3 Å². The molecule has 0 unspecified atom stereocenters. The standard InChI is InChI=1S/C17H20O5/c1-5-20-16(18)15(17(19)21-6-2)11-13-7-9-14(10-8-13)22-12(3)4/h7-11H,3,5-6H2,1-2,4H3. The Bertz CT molecular complexity index is 549. The fraction of sp³-hybridized carbons (Fsp3) is 0.294. The first-order valence-electron chi connectivity index (χ1n) is 6.97. The largest absolute Gasteiger partial charge is 0.463 e. The number of esters is 2. The summed E-state index contributed by atoms with van der Waals surface area (Å²) in [6.07, 6.45) is 1.43. The summed E-state index contributed by atoms with van der Waals surface area (Å²) in [6, 6.07) is 6.87. The van der Waals surface area contributed by atoms with Crippen LogP contribution in [0.4, 0.5) is 0 Å². The lowest BCUT2D eigenvalue weighted by Crippen LogP contribution is -2.18. The molecule has 0 bridgehead atoms. The second kappa shape index (κ2) is 8.67. The molecule has 0 amide bonds. The first kappa shape index (κ1) is 17.5. The van der Waals surface area contributed by atoms with Crippen LogP contribution in [0.15, 0.2) is 42.2 Å². The molecule has 0 fully saturated rings. The Hall–Kier alpha value is -2.56. The highest BCUT2D eigenvalue weighted by Gasteiger charge is 2.20. The zero-order chi connectivity index (χ0) is 16.5. The summed E-state index contributed by atoms with van der Waals surface area (Å²) in [4.78, 5) is 23.7. The smallest absolute Gasteiger partial charge is 0.345 e. The van der Waals surface area contributed by atoms with Crippen molar-refractivity contribution in [3.05, 3.63) is 47.7 Å². The first-order chi connectivity index (χ1) is 10.5. The minimum absolute atomic E-state index is 0.141. The van der Waals surface area contributed by atoms with Crippen LogP contribution in [0.5, 0.6) is 5.75 Å². The van der Waals surface area contributed by atoms with Crippen molar-refractivity contribution in [3.63, 3.8) is 0 Å². The van der Waals surface area contributed by atoms with Gasteiger partial charge >= 0.3 is 11.9 Å². The minimum atomic E-state index is -0.705. The predicted octanol–water partition coefficient (Wildman–Crippen LogP) is 3.11. The van der Waals surface area contributed by atoms with Crippen molar-refractivity contribution in [2.24, 2.45) is 0 Å². The Morgan fingerprint density at radius 1 is 1.05 bits per heavy atom. The van der Waals surface area contributed by atoms with E-state index in [-0.39, 0.29) is 18.8 Å². The van der Waals surface area contributed by atoms with Gasteiger partial charge in [0.15, 0.2) is 0 Å². The average Bonchev–Trinajstić information content (AvgIpc) is 2.46. The average molecular weight is 304 g/mol. The minimum Gasteiger partial charge on any atom is -0.463 e. The summed E-state index contributed by atoms with van der Waals surface area (Å²) in [5.74, 6) is -0.216. The molecule has 5 heteroatoms. The quantitative estimate of drug-likeness (QED) is 0.255. The fourth-order valence-electron chi connectivity index (χ4n) is 1.62. The van der Waals surface area contributed by atoms with Crippen LogP contribution >= 0.6 is 0 Å². The third kappa shape index (κ3) is 5.44. The number of benzene rings is 1. The molecule has 118 valence electrons. The molecule has 0 radical (unpaired) electrons. The molecule has 1 aromatic carbocycles. The summed E-state index contributed by atoms with van der Waals surface area (Å²) in [6.45, 7) is 9.10. The SMILES string of the molecule is C=C(C)Oc1ccc(C=C(C(=O)OCC)C(=O)OCC)cc1. The van der Waals surface area contributed by atoms with Gasteiger partial charge in [0.25, 0.3) is 0 Å². The van der Waals surface area contributed by atoms with E-state index in [9.17, 15) is 9.59 Å². The van der Waals surface area contributed by atoms with Crippen LogP contribution in [0, 0.1) is 0 Å². The lowest BCUT2D eigenvalue weighted by atomic mass is 10.1. The molecule has 22 heavy (non-hydrogen) atoms. The lowest BCUT2D eigenvalue weighted by Gasteiger charge is -2.07. The first-order valence-corrected chi connectivity index (χ1v) is 6.97. The maximum absolute atomic E-state index is 11.8. The molecular weight excluding hydrogens is 284 g/mol. The van der Waals surface area contributed by atoms with E-state index < -0.39 is 11.9 Å². The van der Waals surface area contributed by atoms with Crippen molar-refractivity contribution in [2.75, 3.05) is 13.2 Å². The summed E-state index contributed by atoms with van der Waals surface area (Å²) < 4.78 is 15.1. The second-order valence-corrected chi connectivity index (χ2v) is 4.37. The Morgan fingerprint density at radius 2 is 1.55 bits per heavy atom. The van der Waals surface area contributed by atoms with Gasteiger partial charge in [0.1, 0.15) is 11.3 Å². The van der Waals surface area contributed by atoms with Gasteiger partial charge in [-0.1, -0.05) is 18.7 Å². The molecule has 0 aromatic heterocycles. The molecule has 0 aliphatic rings. The second-order valence-electron chi connectivity index (χ2n) is 4.37. The molecule has 1 aromatic rings. The number of allylic oxidation sites excluding steroid dienone is 1. The van der Waals surface area contributed by atoms with Crippen molar-refractivity contribution in [3.8, 4) is 5.75 Å². The van der Waals surface area contributed by atoms with Crippen LogP contribution in [-0.2, 0) is 19.1 Å². The van der Waals surface area contributed by atoms with Crippen molar-refractivity contribution in [1.29, 1.82) is 0 Å². The Balaban J connectivity index is 3.02. The zero-order valence-corrected chi connectivity index (χ0v) is 13.0. The van der Waals surface area contributed by atoms with Crippen molar-refractivity contribution >= 4 is 18.0 Å². The van der Waals surface area contributed by atoms with Gasteiger partial charge in [-0.15, -0.1) is 0 Å². The lowest BCUT2D eigenvalue weighted by molar-refractivity contribution is -0.146. The van der Waals surface area contributed by atoms with Gasteiger partial charge < -0.3 is 14.2 Å². The maximum atomic E-state index is 11.8. The molecule has 0 N–H and O–H groups in total. The summed E-state index contributed by atoms with van der Waals surface area (Å²) >= 11 is 0. The van der Waals surface area contributed by atoms with Crippen molar-refractivity contribution in [1.82, 2.24) is 0 Å². The maximum Gasteiger partial charge on any atom is 0.345 e. The monoisotopic (exact) mass is 304 g/mol. The van der Waals surface area contributed by atoms with E-state index in [2.05, 4.69) is 6.58 Å². The van der Waals surface area contributed by atoms with E-state index in [1.54, 1.807) is 45.0 Å². The van der Waals surface area contributed by atoms with E-state index in [1.165, 1.54) is 6.08 Å². The topological polar surface area (TPSA) is 61.8 Å². The highest BCUT2D eigenvalue weighted by molar-refractivity contribution is 6.17. The Labute approximate surface area is 130 Å². The number of ether oxygens (including phenoxy) is 3. The molecule has 0 heterocycles. The van der Waals surface area contributed by atoms with E-state index >= 15 is 0 Å². The van der Waals surface area contributed by atoms with Gasteiger partial charge in [0, 0.05) is 0 Å². The van der Waals surface area contributed by atoms with Crippen molar-refractivity contribution < 1.29 is 23.8 Å². The van der Waals surface area contributed by atoms with Crippen molar-refractivity contribution in [2.45, 2.75) is 20.8 Å². The number of rotatable bonds is 7. The van der Waals surface area contributed by atoms with Gasteiger partial charge in [-0.05, 0) is 44.5 Å². The summed E-state index contributed by atoms with van der Waals surface area (Å²) in [5, 5.41) is 0. The van der Waals surface area contributed by atoms with E-state index in [0.29, 0.717) is 17.1 Å². The molecular formula is C17H20O5. The Kier molecular flexibility index (Phi) is 6.89. The molecule has 0 aliphatic heterocycles. The van der Waals surface area contributed by atoms with E-state index in [0.717, 1.165) is 0 Å². The van der Waals surface area contributed by atoms with Crippen LogP contribution in [0.2, 0.25) is 0 Å². The molecule has 0 aliphatic carbocycles. The predicted molar refractivity (Wildman–Crippen MR) is 83.1 cm³/mol. The van der Waals surface area contributed by atoms with E-state index in [1.807, 2.05) is 0 Å². The van der Waals surface area contributed by atoms with Gasteiger partial charge in [-0.3, -0.25) is 0 Å². The molecule has 1 rings (SSSR count). The Morgan fingerprint density at radius 3 is 1.95 bits per heavy atom. The van der Waals surface area contributed by atoms with Gasteiger partial charge in [-0.25, -0.2) is 9.59 Å². The third-order valence-corrected chi connectivity index (χ3v) is 2.47. The highest BCUT2D eigenvalue weighted by Crippen LogP contribution is 2.17. The van der Waals surface area contributed by atoms with Crippen LogP contribution < -0.4 is 4.74 Å². The third-order valence-electron chi connectivity index (χ3n) is 2.47. The summed E-state index contributed by atoms with van der Waals surface area (Å²) in [5.41, 5.74) is 0.516. The van der Waals surface area contributed by atoms with Crippen LogP contribution in [-0.4, -0.2) is 25.2 Å². The number of carbonyl (C=O) groups excluding carboxylic acids is 2. The number of hydrogen-bond acceptors (Lipinski definition) is 5. The normalized spacial score (nSPS) is 9.59. The van der Waals surface area contributed by atoms with Gasteiger partial charge in [0.2, 0.25) is 0 Å². The van der Waals surface area contributed by atoms with Crippen LogP contribution in [0.3, 0.4) is 0 Å². The molecule has 0 saturated heterocycles. The van der Waals surface area contributed by atoms with Crippen LogP contribution in [0.25, 0.3) is 6.08 Å². The molecule has 0 saturated carbocycles. The molecule has 0 atom stereocenters. The zero-order valence-electron chi connectivity index (χ0n) is 13.0. The molecule has 0 spiro atoms. The summed E-state index contributed by atoms with van der Waals surface area (Å²) in [7, 11) is 0.